The maximum Gasteiger partial charge on any atom is 0.341 e. The zero-order valence-corrected chi connectivity index (χ0v) is 20.1. The van der Waals surface area contributed by atoms with E-state index < -0.39 is 21.8 Å². The molecule has 2 aromatic rings. The zero-order valence-electron chi connectivity index (χ0n) is 18.4. The zero-order chi connectivity index (χ0) is 23.6. The Bertz CT molecular complexity index is 1140. The van der Waals surface area contributed by atoms with Gasteiger partial charge in [0.05, 0.1) is 17.6 Å². The number of thiophene rings is 1. The van der Waals surface area contributed by atoms with Crippen LogP contribution < -0.4 is 5.32 Å². The number of aryl methyl sites for hydroxylation is 1. The second kappa shape index (κ2) is 9.90. The highest BCUT2D eigenvalue weighted by atomic mass is 32.2. The first-order valence-electron chi connectivity index (χ1n) is 11.1. The Morgan fingerprint density at radius 3 is 2.42 bits per heavy atom. The van der Waals surface area contributed by atoms with Crippen LogP contribution in [0.1, 0.15) is 52.9 Å². The molecule has 1 N–H and O–H groups in total. The van der Waals surface area contributed by atoms with Crippen molar-refractivity contribution < 1.29 is 27.1 Å². The summed E-state index contributed by atoms with van der Waals surface area (Å²) in [5.41, 5.74) is 1.45. The fourth-order valence-electron chi connectivity index (χ4n) is 4.48. The molecule has 1 amide bonds. The number of esters is 1. The maximum atomic E-state index is 13.2. The molecule has 0 saturated carbocycles. The van der Waals surface area contributed by atoms with E-state index >= 15 is 0 Å². The number of anilines is 1. The van der Waals surface area contributed by atoms with Crippen molar-refractivity contribution in [2.45, 2.75) is 49.8 Å². The third kappa shape index (κ3) is 4.97. The lowest BCUT2D eigenvalue weighted by atomic mass is 9.97. The van der Waals surface area contributed by atoms with Crippen LogP contribution in [-0.2, 0) is 32.4 Å². The molecule has 2 heterocycles. The van der Waals surface area contributed by atoms with Crippen molar-refractivity contribution in [3.8, 4) is 0 Å². The standard InChI is InChI=1S/C23H27FN2O5S2/c1-31-23(28)20-18-5-3-2-4-6-19(18)32-22(20)25-21(27)15-11-13-26(14-12-15)33(29,30)17-9-7-16(24)8-10-17/h7-10,15H,2-6,11-14H2,1H3,(H,25,27). The van der Waals surface area contributed by atoms with Gasteiger partial charge in [0.1, 0.15) is 10.8 Å². The van der Waals surface area contributed by atoms with Crippen LogP contribution in [-0.4, -0.2) is 44.8 Å². The van der Waals surface area contributed by atoms with Gasteiger partial charge in [-0.15, -0.1) is 11.3 Å². The molecule has 1 fully saturated rings. The number of hydrogen-bond donors (Lipinski definition) is 1. The summed E-state index contributed by atoms with van der Waals surface area (Å²) in [4.78, 5) is 26.7. The fourth-order valence-corrected chi connectivity index (χ4v) is 7.23. The van der Waals surface area contributed by atoms with Gasteiger partial charge in [-0.2, -0.15) is 4.31 Å². The maximum absolute atomic E-state index is 13.2. The lowest BCUT2D eigenvalue weighted by Crippen LogP contribution is -2.41. The number of ether oxygens (including phenoxy) is 1. The number of benzene rings is 1. The number of piperidine rings is 1. The van der Waals surface area contributed by atoms with Crippen LogP contribution in [0.5, 0.6) is 0 Å². The predicted octanol–water partition coefficient (Wildman–Crippen LogP) is 3.98. The molecule has 1 aliphatic carbocycles. The molecule has 0 radical (unpaired) electrons. The van der Waals surface area contributed by atoms with Crippen LogP contribution in [0.2, 0.25) is 0 Å². The highest BCUT2D eigenvalue weighted by Crippen LogP contribution is 2.38. The first-order valence-corrected chi connectivity index (χ1v) is 13.4. The van der Waals surface area contributed by atoms with Gasteiger partial charge in [0.15, 0.2) is 0 Å². The Balaban J connectivity index is 1.45. The smallest absolute Gasteiger partial charge is 0.341 e. The van der Waals surface area contributed by atoms with E-state index in [1.807, 2.05) is 0 Å². The van der Waals surface area contributed by atoms with Crippen LogP contribution in [0, 0.1) is 11.7 Å². The van der Waals surface area contributed by atoms with E-state index in [0.717, 1.165) is 54.7 Å². The highest BCUT2D eigenvalue weighted by molar-refractivity contribution is 7.89. The summed E-state index contributed by atoms with van der Waals surface area (Å²) in [5, 5.41) is 3.46. The number of rotatable bonds is 5. The third-order valence-corrected chi connectivity index (χ3v) is 9.44. The molecule has 0 atom stereocenters. The van der Waals surface area contributed by atoms with E-state index in [2.05, 4.69) is 5.32 Å². The minimum atomic E-state index is -3.74. The molecule has 7 nitrogen and oxygen atoms in total. The number of nitrogens with zero attached hydrogens (tertiary/aromatic N) is 1. The summed E-state index contributed by atoms with van der Waals surface area (Å²) in [6.45, 7) is 0.394. The summed E-state index contributed by atoms with van der Waals surface area (Å²) in [7, 11) is -2.40. The van der Waals surface area contributed by atoms with E-state index in [9.17, 15) is 22.4 Å². The number of carbonyl (C=O) groups excluding carboxylic acids is 2. The summed E-state index contributed by atoms with van der Waals surface area (Å²) in [5.74, 6) is -1.51. The summed E-state index contributed by atoms with van der Waals surface area (Å²) in [6.07, 6.45) is 5.59. The molecule has 4 rings (SSSR count). The minimum Gasteiger partial charge on any atom is -0.465 e. The van der Waals surface area contributed by atoms with E-state index in [4.69, 9.17) is 4.74 Å². The lowest BCUT2D eigenvalue weighted by molar-refractivity contribution is -0.120. The Hall–Kier alpha value is -2.30. The van der Waals surface area contributed by atoms with Crippen LogP contribution in [0.15, 0.2) is 29.2 Å². The van der Waals surface area contributed by atoms with Gasteiger partial charge in [-0.1, -0.05) is 6.42 Å². The van der Waals surface area contributed by atoms with E-state index in [1.165, 1.54) is 34.9 Å². The van der Waals surface area contributed by atoms with Crippen molar-refractivity contribution in [2.75, 3.05) is 25.5 Å². The van der Waals surface area contributed by atoms with Crippen molar-refractivity contribution in [2.24, 2.45) is 5.92 Å². The monoisotopic (exact) mass is 494 g/mol. The van der Waals surface area contributed by atoms with E-state index in [-0.39, 0.29) is 29.8 Å². The van der Waals surface area contributed by atoms with E-state index in [0.29, 0.717) is 23.4 Å². The molecule has 1 aromatic carbocycles. The van der Waals surface area contributed by atoms with Crippen molar-refractivity contribution in [3.63, 3.8) is 0 Å². The normalized spacial score (nSPS) is 17.8. The van der Waals surface area contributed by atoms with Gasteiger partial charge in [0, 0.05) is 23.9 Å². The summed E-state index contributed by atoms with van der Waals surface area (Å²) in [6, 6.07) is 4.74. The number of carbonyl (C=O) groups is 2. The predicted molar refractivity (Wildman–Crippen MR) is 123 cm³/mol. The molecule has 0 bridgehead atoms. The lowest BCUT2D eigenvalue weighted by Gasteiger charge is -2.30. The molecule has 1 saturated heterocycles. The van der Waals surface area contributed by atoms with Crippen molar-refractivity contribution in [1.29, 1.82) is 0 Å². The number of amides is 1. The first kappa shape index (κ1) is 23.8. The first-order chi connectivity index (χ1) is 15.8. The molecule has 1 aromatic heterocycles. The highest BCUT2D eigenvalue weighted by Gasteiger charge is 2.33. The molecular formula is C23H27FN2O5S2. The van der Waals surface area contributed by atoms with Gasteiger partial charge in [0.2, 0.25) is 15.9 Å². The Labute approximate surface area is 197 Å². The molecule has 10 heteroatoms. The van der Waals surface area contributed by atoms with Gasteiger partial charge in [-0.05, 0) is 68.4 Å². The number of hydrogen-bond acceptors (Lipinski definition) is 6. The molecule has 1 aliphatic heterocycles. The number of fused-ring (bicyclic) bond motifs is 1. The van der Waals surface area contributed by atoms with Crippen molar-refractivity contribution in [3.05, 3.63) is 46.1 Å². The Kier molecular flexibility index (Phi) is 7.16. The summed E-state index contributed by atoms with van der Waals surface area (Å²) < 4.78 is 45.1. The van der Waals surface area contributed by atoms with Crippen molar-refractivity contribution >= 4 is 38.2 Å². The molecule has 2 aliphatic rings. The van der Waals surface area contributed by atoms with Crippen LogP contribution in [0.3, 0.4) is 0 Å². The van der Waals surface area contributed by atoms with Gasteiger partial charge >= 0.3 is 5.97 Å². The van der Waals surface area contributed by atoms with Crippen LogP contribution in [0.25, 0.3) is 0 Å². The van der Waals surface area contributed by atoms with Crippen LogP contribution >= 0.6 is 11.3 Å². The number of halogens is 1. The summed E-state index contributed by atoms with van der Waals surface area (Å²) >= 11 is 1.44. The molecule has 178 valence electrons. The van der Waals surface area contributed by atoms with Gasteiger partial charge in [-0.3, -0.25) is 4.79 Å². The molecule has 0 spiro atoms. The average Bonchev–Trinajstić information content (AvgIpc) is 2.98. The quantitative estimate of drug-likeness (QED) is 0.501. The molecule has 0 unspecified atom stereocenters. The second-order valence-electron chi connectivity index (χ2n) is 8.38. The minimum absolute atomic E-state index is 0.0367. The van der Waals surface area contributed by atoms with Gasteiger partial charge in [0.25, 0.3) is 0 Å². The molecular weight excluding hydrogens is 467 g/mol. The second-order valence-corrected chi connectivity index (χ2v) is 11.4. The fraction of sp³-hybridized carbons (Fsp3) is 0.478. The Morgan fingerprint density at radius 2 is 1.76 bits per heavy atom. The largest absolute Gasteiger partial charge is 0.465 e. The van der Waals surface area contributed by atoms with E-state index in [1.54, 1.807) is 0 Å². The SMILES string of the molecule is COC(=O)c1c(NC(=O)C2CCN(S(=O)(=O)c3ccc(F)cc3)CC2)sc2c1CCCCC2. The van der Waals surface area contributed by atoms with Crippen molar-refractivity contribution in [1.82, 2.24) is 4.31 Å². The van der Waals surface area contributed by atoms with Gasteiger partial charge < -0.3 is 10.1 Å². The van der Waals surface area contributed by atoms with Gasteiger partial charge in [-0.25, -0.2) is 17.6 Å². The number of nitrogens with one attached hydrogen (secondary N) is 1. The third-order valence-electron chi connectivity index (χ3n) is 6.32. The van der Waals surface area contributed by atoms with Crippen LogP contribution in [0.4, 0.5) is 9.39 Å². The Morgan fingerprint density at radius 1 is 1.09 bits per heavy atom. The number of methoxy groups -OCH3 is 1. The topological polar surface area (TPSA) is 92.8 Å². The molecule has 33 heavy (non-hydrogen) atoms. The average molecular weight is 495 g/mol. The number of sulfonamides is 1.